The minimum atomic E-state index is -0.687. The van der Waals surface area contributed by atoms with Crippen LogP contribution in [0, 0.1) is 0 Å². The van der Waals surface area contributed by atoms with Crippen molar-refractivity contribution in [2.45, 2.75) is 13.1 Å². The highest BCUT2D eigenvalue weighted by atomic mass is 16.5. The van der Waals surface area contributed by atoms with E-state index in [9.17, 15) is 14.4 Å². The number of benzene rings is 1. The third-order valence-corrected chi connectivity index (χ3v) is 3.79. The van der Waals surface area contributed by atoms with Crippen LogP contribution >= 0.6 is 0 Å². The molecule has 0 aliphatic heterocycles. The molecule has 3 rings (SSSR count). The number of hydrogen-bond acceptors (Lipinski definition) is 5. The molecule has 0 saturated carbocycles. The summed E-state index contributed by atoms with van der Waals surface area (Å²) >= 11 is 0. The minimum Gasteiger partial charge on any atom is -0.497 e. The summed E-state index contributed by atoms with van der Waals surface area (Å²) in [6.45, 7) is 0.158. The molecule has 8 heteroatoms. The number of hydrogen-bond donors (Lipinski definition) is 2. The second kappa shape index (κ2) is 7.56. The second-order valence-electron chi connectivity index (χ2n) is 5.51. The van der Waals surface area contributed by atoms with E-state index in [-0.39, 0.29) is 18.7 Å². The summed E-state index contributed by atoms with van der Waals surface area (Å²) in [5.41, 5.74) is -0.638. The number of H-pyrrole nitrogens is 1. The average molecular weight is 355 g/mol. The number of nitrogens with one attached hydrogen (secondary N) is 2. The molecular weight excluding hydrogens is 338 g/mol. The van der Waals surface area contributed by atoms with Crippen LogP contribution in [0.15, 0.2) is 62.9 Å². The molecular formula is C18H17N3O5. The Kier molecular flexibility index (Phi) is 5.02. The number of carbonyl (C=O) groups is 1. The van der Waals surface area contributed by atoms with Crippen LogP contribution in [-0.4, -0.2) is 22.6 Å². The van der Waals surface area contributed by atoms with Gasteiger partial charge in [0, 0.05) is 12.7 Å². The molecule has 0 radical (unpaired) electrons. The molecule has 0 spiro atoms. The number of amides is 1. The van der Waals surface area contributed by atoms with Gasteiger partial charge >= 0.3 is 5.69 Å². The Morgan fingerprint density at radius 3 is 2.85 bits per heavy atom. The minimum absolute atomic E-state index is 0.0574. The molecule has 0 aliphatic carbocycles. The summed E-state index contributed by atoms with van der Waals surface area (Å²) in [5.74, 6) is 0.524. The van der Waals surface area contributed by atoms with Gasteiger partial charge < -0.3 is 19.5 Å². The van der Waals surface area contributed by atoms with E-state index < -0.39 is 17.2 Å². The lowest BCUT2D eigenvalue weighted by Gasteiger charge is -2.08. The van der Waals surface area contributed by atoms with E-state index >= 15 is 0 Å². The third kappa shape index (κ3) is 3.75. The number of aromatic amines is 1. The van der Waals surface area contributed by atoms with Crippen LogP contribution < -0.4 is 21.3 Å². The maximum absolute atomic E-state index is 12.5. The van der Waals surface area contributed by atoms with Crippen LogP contribution in [0.25, 0.3) is 0 Å². The van der Waals surface area contributed by atoms with Crippen LogP contribution in [-0.2, 0) is 13.1 Å². The summed E-state index contributed by atoms with van der Waals surface area (Å²) < 4.78 is 11.2. The largest absolute Gasteiger partial charge is 0.497 e. The zero-order valence-corrected chi connectivity index (χ0v) is 14.0. The molecule has 8 nitrogen and oxygen atoms in total. The summed E-state index contributed by atoms with van der Waals surface area (Å²) in [4.78, 5) is 39.2. The molecule has 0 aliphatic rings. The van der Waals surface area contributed by atoms with Gasteiger partial charge in [0.1, 0.15) is 17.1 Å². The van der Waals surface area contributed by atoms with E-state index in [1.165, 1.54) is 6.26 Å². The maximum Gasteiger partial charge on any atom is 0.328 e. The first-order valence-corrected chi connectivity index (χ1v) is 7.84. The van der Waals surface area contributed by atoms with E-state index in [1.54, 1.807) is 37.4 Å². The highest BCUT2D eigenvalue weighted by molar-refractivity contribution is 5.93. The second-order valence-corrected chi connectivity index (χ2v) is 5.51. The van der Waals surface area contributed by atoms with Crippen molar-refractivity contribution in [3.8, 4) is 5.75 Å². The van der Waals surface area contributed by atoms with Crippen LogP contribution in [0.1, 0.15) is 21.7 Å². The normalized spacial score (nSPS) is 10.5. The van der Waals surface area contributed by atoms with Gasteiger partial charge in [-0.25, -0.2) is 4.79 Å². The van der Waals surface area contributed by atoms with Gasteiger partial charge in [-0.3, -0.25) is 14.2 Å². The SMILES string of the molecule is COc1cccc(CNC(=O)c2c[nH]c(=O)n(Cc3ccco3)c2=O)c1. The first kappa shape index (κ1) is 17.3. The fraction of sp³-hybridized carbons (Fsp3) is 0.167. The van der Waals surface area contributed by atoms with Gasteiger partial charge in [0.2, 0.25) is 0 Å². The quantitative estimate of drug-likeness (QED) is 0.689. The number of aromatic nitrogens is 2. The summed E-state index contributed by atoms with van der Waals surface area (Å²) in [7, 11) is 1.56. The Morgan fingerprint density at radius 2 is 2.12 bits per heavy atom. The smallest absolute Gasteiger partial charge is 0.328 e. The van der Waals surface area contributed by atoms with Gasteiger partial charge in [-0.05, 0) is 29.8 Å². The first-order chi connectivity index (χ1) is 12.6. The lowest BCUT2D eigenvalue weighted by atomic mass is 10.2. The van der Waals surface area contributed by atoms with E-state index in [0.29, 0.717) is 11.5 Å². The average Bonchev–Trinajstić information content (AvgIpc) is 3.16. The molecule has 2 heterocycles. The van der Waals surface area contributed by atoms with Gasteiger partial charge in [0.05, 0.1) is 19.9 Å². The van der Waals surface area contributed by atoms with Crippen molar-refractivity contribution in [3.63, 3.8) is 0 Å². The lowest BCUT2D eigenvalue weighted by Crippen LogP contribution is -2.40. The Bertz CT molecular complexity index is 1020. The highest BCUT2D eigenvalue weighted by Crippen LogP contribution is 2.12. The Morgan fingerprint density at radius 1 is 1.27 bits per heavy atom. The Labute approximate surface area is 148 Å². The molecule has 0 saturated heterocycles. The monoisotopic (exact) mass is 355 g/mol. The number of furan rings is 1. The van der Waals surface area contributed by atoms with Gasteiger partial charge in [-0.1, -0.05) is 12.1 Å². The third-order valence-electron chi connectivity index (χ3n) is 3.79. The van der Waals surface area contributed by atoms with E-state index in [4.69, 9.17) is 9.15 Å². The lowest BCUT2D eigenvalue weighted by molar-refractivity contribution is 0.0948. The van der Waals surface area contributed by atoms with Gasteiger partial charge in [0.15, 0.2) is 0 Å². The summed E-state index contributed by atoms with van der Waals surface area (Å²) in [5, 5.41) is 2.66. The van der Waals surface area contributed by atoms with Gasteiger partial charge in [-0.15, -0.1) is 0 Å². The Hall–Kier alpha value is -3.55. The van der Waals surface area contributed by atoms with Crippen molar-refractivity contribution >= 4 is 5.91 Å². The van der Waals surface area contributed by atoms with E-state index in [0.717, 1.165) is 16.3 Å². The van der Waals surface area contributed by atoms with Crippen molar-refractivity contribution in [1.29, 1.82) is 0 Å². The molecule has 2 aromatic heterocycles. The molecule has 0 unspecified atom stereocenters. The number of nitrogens with zero attached hydrogens (tertiary/aromatic N) is 1. The van der Waals surface area contributed by atoms with Crippen LogP contribution in [0.3, 0.4) is 0 Å². The number of ether oxygens (including phenoxy) is 1. The summed E-state index contributed by atoms with van der Waals surface area (Å²) in [6.07, 6.45) is 2.56. The maximum atomic E-state index is 12.5. The van der Waals surface area contributed by atoms with Crippen LogP contribution in [0.5, 0.6) is 5.75 Å². The highest BCUT2D eigenvalue weighted by Gasteiger charge is 2.15. The molecule has 2 N–H and O–H groups in total. The number of methoxy groups -OCH3 is 1. The number of carbonyl (C=O) groups excluding carboxylic acids is 1. The molecule has 3 aromatic rings. The summed E-state index contributed by atoms with van der Waals surface area (Å²) in [6, 6.07) is 10.5. The van der Waals surface area contributed by atoms with Crippen molar-refractivity contribution in [3.05, 3.63) is 86.6 Å². The molecule has 0 fully saturated rings. The zero-order chi connectivity index (χ0) is 18.5. The van der Waals surface area contributed by atoms with Crippen molar-refractivity contribution < 1.29 is 13.9 Å². The van der Waals surface area contributed by atoms with Crippen molar-refractivity contribution in [2.75, 3.05) is 7.11 Å². The predicted octanol–water partition coefficient (Wildman–Crippen LogP) is 1.12. The number of rotatable bonds is 6. The molecule has 1 amide bonds. The molecule has 134 valence electrons. The molecule has 1 aromatic carbocycles. The van der Waals surface area contributed by atoms with Gasteiger partial charge in [-0.2, -0.15) is 0 Å². The zero-order valence-electron chi connectivity index (χ0n) is 14.0. The van der Waals surface area contributed by atoms with Crippen molar-refractivity contribution in [2.24, 2.45) is 0 Å². The van der Waals surface area contributed by atoms with Crippen LogP contribution in [0.4, 0.5) is 0 Å². The standard InChI is InChI=1S/C18H17N3O5/c1-25-13-5-2-4-12(8-13)9-19-16(22)15-10-20-18(24)21(17(15)23)11-14-6-3-7-26-14/h2-8,10H,9,11H2,1H3,(H,19,22)(H,20,24). The van der Waals surface area contributed by atoms with Crippen molar-refractivity contribution in [1.82, 2.24) is 14.9 Å². The predicted molar refractivity (Wildman–Crippen MR) is 93.3 cm³/mol. The van der Waals surface area contributed by atoms with E-state index in [2.05, 4.69) is 10.3 Å². The molecule has 0 atom stereocenters. The molecule has 26 heavy (non-hydrogen) atoms. The topological polar surface area (TPSA) is 106 Å². The van der Waals surface area contributed by atoms with Gasteiger partial charge in [0.25, 0.3) is 11.5 Å². The molecule has 0 bridgehead atoms. The first-order valence-electron chi connectivity index (χ1n) is 7.84. The Balaban J connectivity index is 1.79. The van der Waals surface area contributed by atoms with Crippen LogP contribution in [0.2, 0.25) is 0 Å². The fourth-order valence-corrected chi connectivity index (χ4v) is 2.44. The van der Waals surface area contributed by atoms with E-state index in [1.807, 2.05) is 6.07 Å². The fourth-order valence-electron chi connectivity index (χ4n) is 2.44.